The van der Waals surface area contributed by atoms with Gasteiger partial charge >= 0.3 is 0 Å². The molecule has 0 spiro atoms. The highest BCUT2D eigenvalue weighted by atomic mass is 15.2. The van der Waals surface area contributed by atoms with E-state index < -0.39 is 0 Å². The maximum absolute atomic E-state index is 3.52. The minimum absolute atomic E-state index is 0.902. The van der Waals surface area contributed by atoms with Crippen molar-refractivity contribution >= 4 is 5.69 Å². The molecule has 1 aromatic carbocycles. The smallest absolute Gasteiger partial charge is 0.0396 e. The van der Waals surface area contributed by atoms with Crippen LogP contribution in [0.5, 0.6) is 0 Å². The predicted octanol–water partition coefficient (Wildman–Crippen LogP) is 1.72. The van der Waals surface area contributed by atoms with E-state index in [1.54, 1.807) is 5.56 Å². The summed E-state index contributed by atoms with van der Waals surface area (Å²) in [4.78, 5) is 5.05. The van der Waals surface area contributed by atoms with Gasteiger partial charge in [-0.05, 0) is 55.0 Å². The highest BCUT2D eigenvalue weighted by Crippen LogP contribution is 2.30. The average molecular weight is 271 g/mol. The zero-order valence-electron chi connectivity index (χ0n) is 12.4. The standard InChI is InChI=1S/C17H25N3/c1-19-6-2-3-14-7-13(4-5-17(14)19)10-20-11-15-8-18-9-16(15)12-20/h4-5,7,15-16,18H,2-3,6,8-12H2,1H3. The molecule has 108 valence electrons. The third-order valence-corrected chi connectivity index (χ3v) is 5.37. The third kappa shape index (κ3) is 2.23. The number of hydrogen-bond acceptors (Lipinski definition) is 3. The van der Waals surface area contributed by atoms with Crippen molar-refractivity contribution in [3.05, 3.63) is 29.3 Å². The van der Waals surface area contributed by atoms with Crippen LogP contribution in [0.3, 0.4) is 0 Å². The lowest BCUT2D eigenvalue weighted by Gasteiger charge is -2.28. The number of rotatable bonds is 2. The molecule has 4 rings (SSSR count). The van der Waals surface area contributed by atoms with Gasteiger partial charge in [0.05, 0.1) is 0 Å². The van der Waals surface area contributed by atoms with Gasteiger partial charge in [0.2, 0.25) is 0 Å². The second-order valence-electron chi connectivity index (χ2n) is 6.86. The zero-order chi connectivity index (χ0) is 13.5. The molecule has 0 aliphatic carbocycles. The van der Waals surface area contributed by atoms with Crippen LogP contribution >= 0.6 is 0 Å². The Morgan fingerprint density at radius 3 is 2.80 bits per heavy atom. The molecule has 20 heavy (non-hydrogen) atoms. The number of benzene rings is 1. The quantitative estimate of drug-likeness (QED) is 0.883. The van der Waals surface area contributed by atoms with Crippen molar-refractivity contribution in [3.8, 4) is 0 Å². The highest BCUT2D eigenvalue weighted by Gasteiger charge is 2.35. The number of anilines is 1. The Bertz CT molecular complexity index is 487. The molecule has 3 aliphatic rings. The normalized spacial score (nSPS) is 29.6. The number of aryl methyl sites for hydroxylation is 1. The molecule has 1 N–H and O–H groups in total. The summed E-state index contributed by atoms with van der Waals surface area (Å²) in [6.07, 6.45) is 2.55. The van der Waals surface area contributed by atoms with Gasteiger partial charge in [0.1, 0.15) is 0 Å². The van der Waals surface area contributed by atoms with Crippen molar-refractivity contribution in [2.45, 2.75) is 19.4 Å². The fourth-order valence-corrected chi connectivity index (χ4v) is 4.28. The topological polar surface area (TPSA) is 18.5 Å². The van der Waals surface area contributed by atoms with E-state index in [1.165, 1.54) is 56.8 Å². The van der Waals surface area contributed by atoms with Crippen molar-refractivity contribution in [2.75, 3.05) is 44.7 Å². The van der Waals surface area contributed by atoms with Gasteiger partial charge < -0.3 is 10.2 Å². The molecule has 3 heterocycles. The van der Waals surface area contributed by atoms with Crippen LogP contribution in [0.25, 0.3) is 0 Å². The predicted molar refractivity (Wildman–Crippen MR) is 83.2 cm³/mol. The van der Waals surface area contributed by atoms with E-state index in [1.807, 2.05) is 0 Å². The molecule has 2 unspecified atom stereocenters. The van der Waals surface area contributed by atoms with E-state index >= 15 is 0 Å². The number of hydrogen-bond donors (Lipinski definition) is 1. The van der Waals surface area contributed by atoms with Crippen molar-refractivity contribution in [1.82, 2.24) is 10.2 Å². The molecule has 0 aromatic heterocycles. The largest absolute Gasteiger partial charge is 0.374 e. The molecular formula is C17H25N3. The Morgan fingerprint density at radius 1 is 1.20 bits per heavy atom. The number of fused-ring (bicyclic) bond motifs is 2. The number of likely N-dealkylation sites (tertiary alicyclic amines) is 1. The minimum Gasteiger partial charge on any atom is -0.374 e. The fourth-order valence-electron chi connectivity index (χ4n) is 4.28. The van der Waals surface area contributed by atoms with Gasteiger partial charge in [0.25, 0.3) is 0 Å². The first kappa shape index (κ1) is 12.7. The number of nitrogens with zero attached hydrogens (tertiary/aromatic N) is 2. The highest BCUT2D eigenvalue weighted by molar-refractivity contribution is 5.56. The molecule has 2 saturated heterocycles. The van der Waals surface area contributed by atoms with Gasteiger partial charge in [0.15, 0.2) is 0 Å². The Hall–Kier alpha value is -1.06. The van der Waals surface area contributed by atoms with Crippen LogP contribution in [0.4, 0.5) is 5.69 Å². The lowest BCUT2D eigenvalue weighted by Crippen LogP contribution is -2.26. The van der Waals surface area contributed by atoms with E-state index in [4.69, 9.17) is 0 Å². The lowest BCUT2D eigenvalue weighted by atomic mass is 9.99. The maximum atomic E-state index is 3.52. The summed E-state index contributed by atoms with van der Waals surface area (Å²) in [6.45, 7) is 7.38. The van der Waals surface area contributed by atoms with E-state index in [2.05, 4.69) is 40.4 Å². The third-order valence-electron chi connectivity index (χ3n) is 5.37. The maximum Gasteiger partial charge on any atom is 0.0396 e. The van der Waals surface area contributed by atoms with Crippen LogP contribution in [0.1, 0.15) is 17.5 Å². The van der Waals surface area contributed by atoms with Crippen molar-refractivity contribution < 1.29 is 0 Å². The van der Waals surface area contributed by atoms with E-state index in [-0.39, 0.29) is 0 Å². The van der Waals surface area contributed by atoms with Crippen molar-refractivity contribution in [3.63, 3.8) is 0 Å². The monoisotopic (exact) mass is 271 g/mol. The van der Waals surface area contributed by atoms with Gasteiger partial charge in [0, 0.05) is 38.9 Å². The van der Waals surface area contributed by atoms with E-state index in [0.717, 1.165) is 18.4 Å². The summed E-state index contributed by atoms with van der Waals surface area (Å²) in [7, 11) is 2.21. The van der Waals surface area contributed by atoms with Crippen LogP contribution in [0.2, 0.25) is 0 Å². The Kier molecular flexibility index (Phi) is 3.20. The second-order valence-corrected chi connectivity index (χ2v) is 6.86. The van der Waals surface area contributed by atoms with Crippen LogP contribution in [-0.4, -0.2) is 44.7 Å². The molecule has 3 nitrogen and oxygen atoms in total. The molecule has 0 radical (unpaired) electrons. The molecule has 0 saturated carbocycles. The van der Waals surface area contributed by atoms with Gasteiger partial charge in [-0.3, -0.25) is 4.90 Å². The summed E-state index contributed by atoms with van der Waals surface area (Å²) in [5.41, 5.74) is 4.51. The van der Waals surface area contributed by atoms with Gasteiger partial charge in [-0.15, -0.1) is 0 Å². The van der Waals surface area contributed by atoms with Crippen LogP contribution in [0.15, 0.2) is 18.2 Å². The Morgan fingerprint density at radius 2 is 2.00 bits per heavy atom. The minimum atomic E-state index is 0.902. The lowest BCUT2D eigenvalue weighted by molar-refractivity contribution is 0.305. The Balaban J connectivity index is 1.47. The molecular weight excluding hydrogens is 246 g/mol. The molecule has 1 aromatic rings. The van der Waals surface area contributed by atoms with Crippen molar-refractivity contribution in [1.29, 1.82) is 0 Å². The average Bonchev–Trinajstić information content (AvgIpc) is 3.00. The summed E-state index contributed by atoms with van der Waals surface area (Å²) in [5, 5.41) is 3.52. The Labute approximate surface area is 121 Å². The summed E-state index contributed by atoms with van der Waals surface area (Å²) >= 11 is 0. The molecule has 2 atom stereocenters. The van der Waals surface area contributed by atoms with Crippen LogP contribution in [-0.2, 0) is 13.0 Å². The van der Waals surface area contributed by atoms with Crippen LogP contribution in [0, 0.1) is 11.8 Å². The van der Waals surface area contributed by atoms with Crippen molar-refractivity contribution in [2.24, 2.45) is 11.8 Å². The summed E-state index contributed by atoms with van der Waals surface area (Å²) < 4.78 is 0. The zero-order valence-corrected chi connectivity index (χ0v) is 12.4. The summed E-state index contributed by atoms with van der Waals surface area (Å²) in [6, 6.07) is 7.13. The van der Waals surface area contributed by atoms with Gasteiger partial charge in [-0.2, -0.15) is 0 Å². The first-order chi connectivity index (χ1) is 9.79. The number of nitrogens with one attached hydrogen (secondary N) is 1. The molecule has 0 amide bonds. The summed E-state index contributed by atoms with van der Waals surface area (Å²) in [5.74, 6) is 1.80. The van der Waals surface area contributed by atoms with E-state index in [9.17, 15) is 0 Å². The van der Waals surface area contributed by atoms with Gasteiger partial charge in [-0.25, -0.2) is 0 Å². The molecule has 0 bridgehead atoms. The fraction of sp³-hybridized carbons (Fsp3) is 0.647. The molecule has 3 aliphatic heterocycles. The SMILES string of the molecule is CN1CCCc2cc(CN3CC4CNCC4C3)ccc21. The first-order valence-corrected chi connectivity index (χ1v) is 8.05. The first-order valence-electron chi connectivity index (χ1n) is 8.05. The molecule has 3 heteroatoms. The van der Waals surface area contributed by atoms with Crippen LogP contribution < -0.4 is 10.2 Å². The van der Waals surface area contributed by atoms with Gasteiger partial charge in [-0.1, -0.05) is 12.1 Å². The second kappa shape index (κ2) is 5.05. The van der Waals surface area contributed by atoms with E-state index in [0.29, 0.717) is 0 Å². The molecule has 2 fully saturated rings.